The molecule has 0 radical (unpaired) electrons. The summed E-state index contributed by atoms with van der Waals surface area (Å²) in [5.74, 6) is 0. The monoisotopic (exact) mass is 399 g/mol. The van der Waals surface area contributed by atoms with Gasteiger partial charge in [-0.3, -0.25) is 0 Å². The molecule has 0 aliphatic carbocycles. The zero-order valence-corrected chi connectivity index (χ0v) is 19.2. The van der Waals surface area contributed by atoms with E-state index < -0.39 is 12.1 Å². The molecule has 0 aliphatic rings. The predicted octanol–water partition coefficient (Wildman–Crippen LogP) is 6.88. The number of hydrogen-bond acceptors (Lipinski definition) is 3. The lowest BCUT2D eigenvalue weighted by molar-refractivity contribution is 0.0990. The molecule has 0 fully saturated rings. The molecule has 0 amide bonds. The fourth-order valence-electron chi connectivity index (χ4n) is 3.94. The van der Waals surface area contributed by atoms with Crippen LogP contribution in [-0.2, 0) is 0 Å². The first kappa shape index (κ1) is 27.9. The Bertz CT molecular complexity index is 286. The van der Waals surface area contributed by atoms with E-state index in [-0.39, 0.29) is 6.61 Å². The van der Waals surface area contributed by atoms with E-state index in [1.54, 1.807) is 0 Å². The van der Waals surface area contributed by atoms with Gasteiger partial charge in [-0.1, -0.05) is 135 Å². The third kappa shape index (κ3) is 20.6. The third-order valence-corrected chi connectivity index (χ3v) is 6.06. The van der Waals surface area contributed by atoms with Crippen molar-refractivity contribution in [3.8, 4) is 0 Å². The Morgan fingerprint density at radius 3 is 1.11 bits per heavy atom. The van der Waals surface area contributed by atoms with Gasteiger partial charge in [0, 0.05) is 0 Å². The minimum atomic E-state index is -0.541. The second-order valence-corrected chi connectivity index (χ2v) is 8.92. The second-order valence-electron chi connectivity index (χ2n) is 8.92. The summed E-state index contributed by atoms with van der Waals surface area (Å²) in [4.78, 5) is 0. The SMILES string of the molecule is CCCCCCCCCCCCCCCCCCCCCCC(O)C(N)CO. The summed E-state index contributed by atoms with van der Waals surface area (Å²) in [5.41, 5.74) is 5.60. The maximum Gasteiger partial charge on any atom is 0.0713 e. The van der Waals surface area contributed by atoms with Gasteiger partial charge < -0.3 is 15.9 Å². The van der Waals surface area contributed by atoms with Crippen molar-refractivity contribution in [3.63, 3.8) is 0 Å². The highest BCUT2D eigenvalue weighted by Crippen LogP contribution is 2.15. The van der Waals surface area contributed by atoms with Gasteiger partial charge in [-0.2, -0.15) is 0 Å². The molecule has 0 saturated heterocycles. The van der Waals surface area contributed by atoms with Crippen molar-refractivity contribution in [3.05, 3.63) is 0 Å². The minimum absolute atomic E-state index is 0.125. The van der Waals surface area contributed by atoms with Crippen molar-refractivity contribution in [1.29, 1.82) is 0 Å². The van der Waals surface area contributed by atoms with Gasteiger partial charge in [-0.25, -0.2) is 0 Å². The molecule has 0 aliphatic heterocycles. The Labute approximate surface area is 176 Å². The van der Waals surface area contributed by atoms with Crippen LogP contribution in [0.25, 0.3) is 0 Å². The highest BCUT2D eigenvalue weighted by atomic mass is 16.3. The molecule has 3 nitrogen and oxygen atoms in total. The average Bonchev–Trinajstić information content (AvgIpc) is 2.71. The first-order valence-corrected chi connectivity index (χ1v) is 12.8. The minimum Gasteiger partial charge on any atom is -0.395 e. The lowest BCUT2D eigenvalue weighted by Gasteiger charge is -2.15. The number of hydrogen-bond donors (Lipinski definition) is 3. The molecule has 2 atom stereocenters. The fourth-order valence-corrected chi connectivity index (χ4v) is 3.94. The van der Waals surface area contributed by atoms with Crippen LogP contribution in [-0.4, -0.2) is 29.0 Å². The number of aliphatic hydroxyl groups is 2. The smallest absolute Gasteiger partial charge is 0.0713 e. The predicted molar refractivity (Wildman–Crippen MR) is 124 cm³/mol. The Morgan fingerprint density at radius 2 is 0.821 bits per heavy atom. The normalized spacial score (nSPS) is 13.7. The Kier molecular flexibility index (Phi) is 23.1. The van der Waals surface area contributed by atoms with E-state index in [2.05, 4.69) is 6.92 Å². The van der Waals surface area contributed by atoms with E-state index in [9.17, 15) is 5.11 Å². The highest BCUT2D eigenvalue weighted by Gasteiger charge is 2.12. The van der Waals surface area contributed by atoms with E-state index in [1.807, 2.05) is 0 Å². The van der Waals surface area contributed by atoms with Crippen molar-refractivity contribution in [2.75, 3.05) is 6.61 Å². The summed E-state index contributed by atoms with van der Waals surface area (Å²) in [5, 5.41) is 18.6. The van der Waals surface area contributed by atoms with E-state index in [0.29, 0.717) is 0 Å². The summed E-state index contributed by atoms with van der Waals surface area (Å²) in [7, 11) is 0. The van der Waals surface area contributed by atoms with Gasteiger partial charge in [0.05, 0.1) is 18.8 Å². The van der Waals surface area contributed by atoms with E-state index in [0.717, 1.165) is 12.8 Å². The third-order valence-electron chi connectivity index (χ3n) is 6.06. The molecule has 4 N–H and O–H groups in total. The van der Waals surface area contributed by atoms with Crippen LogP contribution in [0.2, 0.25) is 0 Å². The van der Waals surface area contributed by atoms with Crippen molar-refractivity contribution in [2.45, 2.75) is 154 Å². The van der Waals surface area contributed by atoms with Crippen molar-refractivity contribution in [2.24, 2.45) is 5.73 Å². The number of nitrogens with two attached hydrogens (primary N) is 1. The topological polar surface area (TPSA) is 66.5 Å². The van der Waals surface area contributed by atoms with E-state index >= 15 is 0 Å². The average molecular weight is 400 g/mol. The summed E-state index contributed by atoms with van der Waals surface area (Å²) < 4.78 is 0. The molecular weight excluding hydrogens is 346 g/mol. The molecule has 2 unspecified atom stereocenters. The van der Waals surface area contributed by atoms with Gasteiger partial charge in [0.2, 0.25) is 0 Å². The summed E-state index contributed by atoms with van der Waals surface area (Å²) in [6.45, 7) is 2.16. The Hall–Kier alpha value is -0.120. The first-order valence-electron chi connectivity index (χ1n) is 12.8. The maximum absolute atomic E-state index is 9.68. The summed E-state index contributed by atoms with van der Waals surface area (Å²) in [6, 6.07) is -0.472. The molecule has 0 spiro atoms. The largest absolute Gasteiger partial charge is 0.395 e. The lowest BCUT2D eigenvalue weighted by atomic mass is 10.0. The highest BCUT2D eigenvalue weighted by molar-refractivity contribution is 4.70. The molecule has 28 heavy (non-hydrogen) atoms. The van der Waals surface area contributed by atoms with Gasteiger partial charge in [0.25, 0.3) is 0 Å². The first-order chi connectivity index (χ1) is 13.7. The molecule has 0 saturated carbocycles. The zero-order valence-electron chi connectivity index (χ0n) is 19.2. The molecule has 0 aromatic rings. The molecule has 0 bridgehead atoms. The van der Waals surface area contributed by atoms with Crippen molar-refractivity contribution < 1.29 is 10.2 Å². The van der Waals surface area contributed by atoms with Crippen LogP contribution in [0.5, 0.6) is 0 Å². The molecule has 0 aromatic carbocycles. The quantitative estimate of drug-likeness (QED) is 0.164. The summed E-state index contributed by atoms with van der Waals surface area (Å²) >= 11 is 0. The molecule has 170 valence electrons. The van der Waals surface area contributed by atoms with Crippen LogP contribution in [0.1, 0.15) is 142 Å². The van der Waals surface area contributed by atoms with Gasteiger partial charge in [0.1, 0.15) is 0 Å². The van der Waals surface area contributed by atoms with Crippen LogP contribution in [0.4, 0.5) is 0 Å². The standard InChI is InChI=1S/C25H53NO2/c1-2-3-4-5-6-7-8-9-10-11-12-13-14-15-16-17-18-19-20-21-22-25(28)24(26)23-27/h24-25,27-28H,2-23,26H2,1H3. The molecule has 0 heterocycles. The van der Waals surface area contributed by atoms with Gasteiger partial charge in [0.15, 0.2) is 0 Å². The van der Waals surface area contributed by atoms with E-state index in [4.69, 9.17) is 10.8 Å². The van der Waals surface area contributed by atoms with Crippen molar-refractivity contribution >= 4 is 0 Å². The Balaban J connectivity index is 3.07. The number of unbranched alkanes of at least 4 members (excludes halogenated alkanes) is 19. The van der Waals surface area contributed by atoms with Crippen molar-refractivity contribution in [1.82, 2.24) is 0 Å². The second kappa shape index (κ2) is 23.2. The van der Waals surface area contributed by atoms with Gasteiger partial charge in [-0.15, -0.1) is 0 Å². The van der Waals surface area contributed by atoms with Crippen LogP contribution >= 0.6 is 0 Å². The lowest BCUT2D eigenvalue weighted by Crippen LogP contribution is -2.37. The number of aliphatic hydroxyl groups excluding tert-OH is 2. The fraction of sp³-hybridized carbons (Fsp3) is 1.00. The van der Waals surface area contributed by atoms with E-state index in [1.165, 1.54) is 122 Å². The maximum atomic E-state index is 9.68. The van der Waals surface area contributed by atoms with Crippen LogP contribution in [0, 0.1) is 0 Å². The molecule has 0 aromatic heterocycles. The summed E-state index contributed by atoms with van der Waals surface area (Å²) in [6.07, 6.45) is 27.8. The van der Waals surface area contributed by atoms with Crippen LogP contribution in [0.3, 0.4) is 0 Å². The molecular formula is C25H53NO2. The van der Waals surface area contributed by atoms with Gasteiger partial charge >= 0.3 is 0 Å². The molecule has 3 heteroatoms. The number of rotatable bonds is 23. The van der Waals surface area contributed by atoms with Crippen LogP contribution in [0.15, 0.2) is 0 Å². The van der Waals surface area contributed by atoms with Gasteiger partial charge in [-0.05, 0) is 6.42 Å². The molecule has 0 rings (SSSR count). The zero-order chi connectivity index (χ0) is 20.7. The van der Waals surface area contributed by atoms with Crippen LogP contribution < -0.4 is 5.73 Å². The Morgan fingerprint density at radius 1 is 0.536 bits per heavy atom.